The van der Waals surface area contributed by atoms with Crippen molar-refractivity contribution in [3.63, 3.8) is 0 Å². The molecule has 1 amide bonds. The smallest absolute Gasteiger partial charge is 0.256 e. The van der Waals surface area contributed by atoms with Crippen molar-refractivity contribution in [2.24, 2.45) is 0 Å². The van der Waals surface area contributed by atoms with Gasteiger partial charge in [0, 0.05) is 22.5 Å². The van der Waals surface area contributed by atoms with Gasteiger partial charge in [0.2, 0.25) is 0 Å². The molecule has 0 radical (unpaired) electrons. The molecule has 0 fully saturated rings. The Morgan fingerprint density at radius 1 is 0.949 bits per heavy atom. The summed E-state index contributed by atoms with van der Waals surface area (Å²) in [4.78, 5) is 23.2. The van der Waals surface area contributed by atoms with Crippen molar-refractivity contribution in [1.82, 2.24) is 19.7 Å². The predicted octanol–water partition coefficient (Wildman–Crippen LogP) is 6.44. The molecule has 3 aromatic heterocycles. The van der Waals surface area contributed by atoms with Crippen molar-refractivity contribution in [2.75, 3.05) is 5.32 Å². The van der Waals surface area contributed by atoms with Crippen LogP contribution in [0.1, 0.15) is 32.9 Å². The highest BCUT2D eigenvalue weighted by atomic mass is 16.1. The molecule has 0 saturated heterocycles. The summed E-state index contributed by atoms with van der Waals surface area (Å²) in [6.07, 6.45) is 1.79. The number of nitrogens with one attached hydrogen (secondary N) is 1. The SMILES string of the molecule is Cc1nn(Cc2ccc(C#N)cc2)c(C)c1NC(=O)c1cc(-c2cnc3ccccc3c2)nc2ccccc12. The van der Waals surface area contributed by atoms with Gasteiger partial charge in [-0.1, -0.05) is 48.5 Å². The molecule has 188 valence electrons. The molecule has 3 heterocycles. The first kappa shape index (κ1) is 24.0. The molecule has 6 rings (SSSR count). The Balaban J connectivity index is 1.35. The van der Waals surface area contributed by atoms with E-state index in [1.54, 1.807) is 18.3 Å². The molecule has 0 atom stereocenters. The third-order valence-electron chi connectivity index (χ3n) is 6.88. The Morgan fingerprint density at radius 3 is 2.49 bits per heavy atom. The number of aromatic nitrogens is 4. The minimum Gasteiger partial charge on any atom is -0.319 e. The van der Waals surface area contributed by atoms with Crippen LogP contribution >= 0.6 is 0 Å². The molecule has 0 spiro atoms. The summed E-state index contributed by atoms with van der Waals surface area (Å²) in [6, 6.07) is 29.0. The highest BCUT2D eigenvalue weighted by Gasteiger charge is 2.19. The number of anilines is 1. The lowest BCUT2D eigenvalue weighted by Gasteiger charge is -2.12. The van der Waals surface area contributed by atoms with Gasteiger partial charge in [0.25, 0.3) is 5.91 Å². The van der Waals surface area contributed by atoms with Gasteiger partial charge in [-0.25, -0.2) is 4.98 Å². The van der Waals surface area contributed by atoms with Crippen molar-refractivity contribution in [1.29, 1.82) is 5.26 Å². The van der Waals surface area contributed by atoms with Gasteiger partial charge in [0.1, 0.15) is 0 Å². The monoisotopic (exact) mass is 508 g/mol. The summed E-state index contributed by atoms with van der Waals surface area (Å²) < 4.78 is 1.86. The molecule has 0 aliphatic heterocycles. The van der Waals surface area contributed by atoms with Crippen LogP contribution in [0, 0.1) is 25.2 Å². The predicted molar refractivity (Wildman–Crippen MR) is 152 cm³/mol. The van der Waals surface area contributed by atoms with Crippen molar-refractivity contribution in [3.05, 3.63) is 119 Å². The van der Waals surface area contributed by atoms with Crippen LogP contribution in [-0.4, -0.2) is 25.7 Å². The summed E-state index contributed by atoms with van der Waals surface area (Å²) in [7, 11) is 0. The Kier molecular flexibility index (Phi) is 6.06. The lowest BCUT2D eigenvalue weighted by Crippen LogP contribution is -2.14. The van der Waals surface area contributed by atoms with E-state index in [4.69, 9.17) is 10.2 Å². The van der Waals surface area contributed by atoms with Crippen molar-refractivity contribution in [2.45, 2.75) is 20.4 Å². The zero-order valence-corrected chi connectivity index (χ0v) is 21.5. The van der Waals surface area contributed by atoms with Gasteiger partial charge < -0.3 is 5.32 Å². The summed E-state index contributed by atoms with van der Waals surface area (Å²) in [5.41, 5.74) is 7.59. The van der Waals surface area contributed by atoms with E-state index in [1.165, 1.54) is 0 Å². The number of fused-ring (bicyclic) bond motifs is 2. The molecule has 7 nitrogen and oxygen atoms in total. The molecule has 0 saturated carbocycles. The second-order valence-corrected chi connectivity index (χ2v) is 9.46. The summed E-state index contributed by atoms with van der Waals surface area (Å²) in [5, 5.41) is 18.6. The van der Waals surface area contributed by atoms with E-state index >= 15 is 0 Å². The maximum atomic E-state index is 13.7. The van der Waals surface area contributed by atoms with E-state index in [1.807, 2.05) is 91.3 Å². The number of hydrogen-bond donors (Lipinski definition) is 1. The Labute approximate surface area is 225 Å². The number of carbonyl (C=O) groups excluding carboxylic acids is 1. The molecule has 1 N–H and O–H groups in total. The molecular formula is C32H24N6O. The Morgan fingerprint density at radius 2 is 1.69 bits per heavy atom. The first-order chi connectivity index (χ1) is 19.0. The van der Waals surface area contributed by atoms with Crippen LogP contribution in [0.15, 0.2) is 91.1 Å². The number of benzene rings is 3. The van der Waals surface area contributed by atoms with E-state index in [0.717, 1.165) is 44.3 Å². The molecule has 39 heavy (non-hydrogen) atoms. The summed E-state index contributed by atoms with van der Waals surface area (Å²) >= 11 is 0. The maximum Gasteiger partial charge on any atom is 0.256 e. The van der Waals surface area contributed by atoms with Gasteiger partial charge in [-0.05, 0) is 55.8 Å². The van der Waals surface area contributed by atoms with Gasteiger partial charge in [-0.15, -0.1) is 0 Å². The fourth-order valence-electron chi connectivity index (χ4n) is 4.79. The zero-order valence-electron chi connectivity index (χ0n) is 21.5. The van der Waals surface area contributed by atoms with Gasteiger partial charge >= 0.3 is 0 Å². The van der Waals surface area contributed by atoms with E-state index in [-0.39, 0.29) is 5.91 Å². The van der Waals surface area contributed by atoms with Crippen LogP contribution in [-0.2, 0) is 6.54 Å². The van der Waals surface area contributed by atoms with Crippen molar-refractivity contribution in [3.8, 4) is 17.3 Å². The summed E-state index contributed by atoms with van der Waals surface area (Å²) in [6.45, 7) is 4.36. The van der Waals surface area contributed by atoms with E-state index in [0.29, 0.717) is 29.1 Å². The summed E-state index contributed by atoms with van der Waals surface area (Å²) in [5.74, 6) is -0.229. The molecule has 0 bridgehead atoms. The fraction of sp³-hybridized carbons (Fsp3) is 0.0938. The number of rotatable bonds is 5. The molecule has 0 aliphatic rings. The number of hydrogen-bond acceptors (Lipinski definition) is 5. The molecular weight excluding hydrogens is 484 g/mol. The maximum absolute atomic E-state index is 13.7. The van der Waals surface area contributed by atoms with Crippen LogP contribution in [0.5, 0.6) is 0 Å². The highest BCUT2D eigenvalue weighted by Crippen LogP contribution is 2.28. The van der Waals surface area contributed by atoms with Gasteiger partial charge in [-0.3, -0.25) is 14.5 Å². The lowest BCUT2D eigenvalue weighted by atomic mass is 10.0. The van der Waals surface area contributed by atoms with Crippen LogP contribution in [0.25, 0.3) is 33.1 Å². The average molecular weight is 509 g/mol. The minimum absolute atomic E-state index is 0.229. The topological polar surface area (TPSA) is 96.5 Å². The minimum atomic E-state index is -0.229. The second-order valence-electron chi connectivity index (χ2n) is 9.46. The molecule has 0 unspecified atom stereocenters. The Hall–Kier alpha value is -5.35. The number of nitrogens with zero attached hydrogens (tertiary/aromatic N) is 5. The number of aryl methyl sites for hydroxylation is 1. The van der Waals surface area contributed by atoms with Crippen LogP contribution in [0.4, 0.5) is 5.69 Å². The third-order valence-corrected chi connectivity index (χ3v) is 6.88. The van der Waals surface area contributed by atoms with E-state index in [9.17, 15) is 4.79 Å². The van der Waals surface area contributed by atoms with Crippen LogP contribution in [0.3, 0.4) is 0 Å². The van der Waals surface area contributed by atoms with E-state index < -0.39 is 0 Å². The van der Waals surface area contributed by atoms with Gasteiger partial charge in [0.05, 0.1) is 57.5 Å². The van der Waals surface area contributed by atoms with Crippen molar-refractivity contribution < 1.29 is 4.79 Å². The molecule has 7 heteroatoms. The van der Waals surface area contributed by atoms with Gasteiger partial charge in [-0.2, -0.15) is 10.4 Å². The highest BCUT2D eigenvalue weighted by molar-refractivity contribution is 6.13. The number of amides is 1. The first-order valence-electron chi connectivity index (χ1n) is 12.6. The van der Waals surface area contributed by atoms with Crippen LogP contribution in [0.2, 0.25) is 0 Å². The standard InChI is InChI=1S/C32H24N6O/c1-20-31(21(2)38(37-20)19-23-13-11-22(17-33)12-14-23)36-32(39)27-16-30(35-29-10-6-4-8-26(27)29)25-15-24-7-3-5-9-28(24)34-18-25/h3-16,18H,19H2,1-2H3,(H,36,39). The van der Waals surface area contributed by atoms with Gasteiger partial charge in [0.15, 0.2) is 0 Å². The third kappa shape index (κ3) is 4.60. The lowest BCUT2D eigenvalue weighted by molar-refractivity contribution is 0.102. The number of carbonyl (C=O) groups is 1. The molecule has 3 aromatic carbocycles. The average Bonchev–Trinajstić information content (AvgIpc) is 3.23. The van der Waals surface area contributed by atoms with E-state index in [2.05, 4.69) is 21.5 Å². The Bertz CT molecular complexity index is 1910. The zero-order chi connectivity index (χ0) is 26.9. The normalized spacial score (nSPS) is 11.0. The number of pyridine rings is 2. The fourth-order valence-corrected chi connectivity index (χ4v) is 4.79. The molecule has 6 aromatic rings. The van der Waals surface area contributed by atoms with Crippen molar-refractivity contribution >= 4 is 33.4 Å². The first-order valence-corrected chi connectivity index (χ1v) is 12.6. The quantitative estimate of drug-likeness (QED) is 0.289. The second kappa shape index (κ2) is 9.84. The molecule has 0 aliphatic carbocycles. The largest absolute Gasteiger partial charge is 0.319 e. The number of nitriles is 1. The van der Waals surface area contributed by atoms with Crippen LogP contribution < -0.4 is 5.32 Å². The number of para-hydroxylation sites is 2.